The molecule has 3 aromatic rings. The maximum atomic E-state index is 12.6. The van der Waals surface area contributed by atoms with E-state index in [-0.39, 0.29) is 11.8 Å². The maximum absolute atomic E-state index is 12.6. The molecule has 1 aromatic carbocycles. The highest BCUT2D eigenvalue weighted by atomic mass is 35.5. The van der Waals surface area contributed by atoms with Gasteiger partial charge in [0, 0.05) is 17.5 Å². The van der Waals surface area contributed by atoms with Crippen LogP contribution in [0.5, 0.6) is 5.88 Å². The number of ether oxygens (including phenoxy) is 1. The number of anilines is 1. The summed E-state index contributed by atoms with van der Waals surface area (Å²) in [6, 6.07) is 9.14. The average Bonchev–Trinajstić information content (AvgIpc) is 3.13. The molecular weight excluding hydrogens is 364 g/mol. The van der Waals surface area contributed by atoms with Crippen LogP contribution in [0.15, 0.2) is 36.5 Å². The number of nitrogens with one attached hydrogen (secondary N) is 1. The lowest BCUT2D eigenvalue weighted by Crippen LogP contribution is -2.24. The van der Waals surface area contributed by atoms with Crippen LogP contribution in [-0.4, -0.2) is 27.6 Å². The first-order valence-corrected chi connectivity index (χ1v) is 9.53. The molecule has 2 aromatic heterocycles. The van der Waals surface area contributed by atoms with E-state index in [1.165, 1.54) is 6.42 Å². The Hall–Kier alpha value is -2.60. The minimum atomic E-state index is 0.0511. The molecule has 1 amide bonds. The molecule has 0 unspecified atom stereocenters. The SMILES string of the molecule is COc1ccc2nc(-c3ccc(Cl)c(NC(=O)C4CCCCC4)c3)cn2n1. The van der Waals surface area contributed by atoms with E-state index < -0.39 is 0 Å². The van der Waals surface area contributed by atoms with Gasteiger partial charge in [0.1, 0.15) is 0 Å². The number of amides is 1. The topological polar surface area (TPSA) is 68.5 Å². The molecule has 1 aliphatic rings. The van der Waals surface area contributed by atoms with Crippen LogP contribution in [0.4, 0.5) is 5.69 Å². The molecule has 7 heteroatoms. The fraction of sp³-hybridized carbons (Fsp3) is 0.350. The van der Waals surface area contributed by atoms with Crippen LogP contribution in [0, 0.1) is 5.92 Å². The van der Waals surface area contributed by atoms with Crippen molar-refractivity contribution in [3.05, 3.63) is 41.6 Å². The molecule has 1 aliphatic carbocycles. The molecule has 0 spiro atoms. The monoisotopic (exact) mass is 384 g/mol. The number of rotatable bonds is 4. The molecule has 6 nitrogen and oxygen atoms in total. The highest BCUT2D eigenvalue weighted by Crippen LogP contribution is 2.31. The zero-order valence-electron chi connectivity index (χ0n) is 15.1. The van der Waals surface area contributed by atoms with Crippen molar-refractivity contribution in [3.8, 4) is 17.1 Å². The van der Waals surface area contributed by atoms with Crippen molar-refractivity contribution >= 4 is 28.8 Å². The van der Waals surface area contributed by atoms with Gasteiger partial charge in [-0.05, 0) is 31.0 Å². The first-order chi connectivity index (χ1) is 13.1. The largest absolute Gasteiger partial charge is 0.480 e. The van der Waals surface area contributed by atoms with E-state index in [9.17, 15) is 4.79 Å². The number of fused-ring (bicyclic) bond motifs is 1. The van der Waals surface area contributed by atoms with Crippen LogP contribution < -0.4 is 10.1 Å². The number of carbonyl (C=O) groups is 1. The summed E-state index contributed by atoms with van der Waals surface area (Å²) in [4.78, 5) is 17.2. The van der Waals surface area contributed by atoms with Crippen molar-refractivity contribution in [2.75, 3.05) is 12.4 Å². The number of imidazole rings is 1. The fourth-order valence-corrected chi connectivity index (χ4v) is 3.66. The van der Waals surface area contributed by atoms with Gasteiger partial charge in [0.15, 0.2) is 5.65 Å². The van der Waals surface area contributed by atoms with Crippen molar-refractivity contribution in [3.63, 3.8) is 0 Å². The molecule has 27 heavy (non-hydrogen) atoms. The molecule has 4 rings (SSSR count). The Balaban J connectivity index is 1.60. The Morgan fingerprint density at radius 2 is 2.04 bits per heavy atom. The van der Waals surface area contributed by atoms with E-state index in [1.54, 1.807) is 23.8 Å². The normalized spacial score (nSPS) is 15.0. The van der Waals surface area contributed by atoms with Gasteiger partial charge in [-0.1, -0.05) is 36.9 Å². The lowest BCUT2D eigenvalue weighted by molar-refractivity contribution is -0.120. The van der Waals surface area contributed by atoms with Crippen molar-refractivity contribution in [1.82, 2.24) is 14.6 Å². The number of carbonyl (C=O) groups excluding carboxylic acids is 1. The Morgan fingerprint density at radius 1 is 1.22 bits per heavy atom. The summed E-state index contributed by atoms with van der Waals surface area (Å²) in [5, 5.41) is 7.85. The molecule has 1 fully saturated rings. The summed E-state index contributed by atoms with van der Waals surface area (Å²) in [6.45, 7) is 0. The highest BCUT2D eigenvalue weighted by molar-refractivity contribution is 6.33. The Kier molecular flexibility index (Phi) is 4.99. The zero-order valence-corrected chi connectivity index (χ0v) is 15.9. The summed E-state index contributed by atoms with van der Waals surface area (Å²) in [6.07, 6.45) is 7.17. The third-order valence-electron chi connectivity index (χ3n) is 5.00. The lowest BCUT2D eigenvalue weighted by atomic mass is 9.88. The second kappa shape index (κ2) is 7.56. The minimum Gasteiger partial charge on any atom is -0.480 e. The molecule has 1 saturated carbocycles. The van der Waals surface area contributed by atoms with Gasteiger partial charge in [-0.15, -0.1) is 5.10 Å². The van der Waals surface area contributed by atoms with Crippen molar-refractivity contribution in [2.24, 2.45) is 5.92 Å². The molecule has 0 saturated heterocycles. The Bertz CT molecular complexity index is 979. The molecule has 140 valence electrons. The van der Waals surface area contributed by atoms with E-state index in [4.69, 9.17) is 16.3 Å². The van der Waals surface area contributed by atoms with E-state index in [0.29, 0.717) is 22.2 Å². The van der Waals surface area contributed by atoms with Crippen LogP contribution in [0.3, 0.4) is 0 Å². The molecule has 0 radical (unpaired) electrons. The predicted molar refractivity (Wildman–Crippen MR) is 105 cm³/mol. The van der Waals surface area contributed by atoms with Gasteiger partial charge in [0.2, 0.25) is 11.8 Å². The third-order valence-corrected chi connectivity index (χ3v) is 5.33. The van der Waals surface area contributed by atoms with Gasteiger partial charge < -0.3 is 10.1 Å². The molecule has 0 aliphatic heterocycles. The summed E-state index contributed by atoms with van der Waals surface area (Å²) in [7, 11) is 1.58. The number of halogens is 1. The first kappa shape index (κ1) is 17.8. The van der Waals surface area contributed by atoms with Crippen LogP contribution in [0.1, 0.15) is 32.1 Å². The Morgan fingerprint density at radius 3 is 2.81 bits per heavy atom. The standard InChI is InChI=1S/C20H21ClN4O2/c1-27-19-10-9-18-22-17(12-25(18)24-19)14-7-8-15(21)16(11-14)23-20(26)13-5-3-2-4-6-13/h7-13H,2-6H2,1H3,(H,23,26). The van der Waals surface area contributed by atoms with E-state index >= 15 is 0 Å². The molecule has 0 atom stereocenters. The second-order valence-electron chi connectivity index (χ2n) is 6.82. The third kappa shape index (κ3) is 3.76. The molecule has 2 heterocycles. The van der Waals surface area contributed by atoms with Crippen molar-refractivity contribution in [1.29, 1.82) is 0 Å². The predicted octanol–water partition coefficient (Wildman–Crippen LogP) is 4.58. The van der Waals surface area contributed by atoms with Crippen LogP contribution >= 0.6 is 11.6 Å². The molecular formula is C20H21ClN4O2. The summed E-state index contributed by atoms with van der Waals surface area (Å²) in [5.41, 5.74) is 2.95. The van der Waals surface area contributed by atoms with E-state index in [1.807, 2.05) is 24.4 Å². The first-order valence-electron chi connectivity index (χ1n) is 9.15. The summed E-state index contributed by atoms with van der Waals surface area (Å²) in [5.74, 6) is 0.642. The Labute approximate surface area is 162 Å². The van der Waals surface area contributed by atoms with Gasteiger partial charge in [-0.3, -0.25) is 4.79 Å². The minimum absolute atomic E-state index is 0.0511. The van der Waals surface area contributed by atoms with Crippen LogP contribution in [0.2, 0.25) is 5.02 Å². The number of aromatic nitrogens is 3. The van der Waals surface area contributed by atoms with Gasteiger partial charge in [0.05, 0.1) is 29.7 Å². The van der Waals surface area contributed by atoms with Crippen molar-refractivity contribution < 1.29 is 9.53 Å². The van der Waals surface area contributed by atoms with Crippen LogP contribution in [-0.2, 0) is 4.79 Å². The number of nitrogens with zero attached hydrogens (tertiary/aromatic N) is 3. The summed E-state index contributed by atoms with van der Waals surface area (Å²) >= 11 is 6.32. The van der Waals surface area contributed by atoms with E-state index in [0.717, 1.165) is 36.9 Å². The van der Waals surface area contributed by atoms with Gasteiger partial charge in [-0.2, -0.15) is 0 Å². The van der Waals surface area contributed by atoms with Crippen molar-refractivity contribution in [2.45, 2.75) is 32.1 Å². The molecule has 1 N–H and O–H groups in total. The van der Waals surface area contributed by atoms with Crippen LogP contribution in [0.25, 0.3) is 16.9 Å². The van der Waals surface area contributed by atoms with Gasteiger partial charge >= 0.3 is 0 Å². The molecule has 0 bridgehead atoms. The number of benzene rings is 1. The average molecular weight is 385 g/mol. The van der Waals surface area contributed by atoms with Gasteiger partial charge in [-0.25, -0.2) is 9.50 Å². The maximum Gasteiger partial charge on any atom is 0.231 e. The number of hydrogen-bond donors (Lipinski definition) is 1. The number of methoxy groups -OCH3 is 1. The lowest BCUT2D eigenvalue weighted by Gasteiger charge is -2.21. The number of hydrogen-bond acceptors (Lipinski definition) is 4. The smallest absolute Gasteiger partial charge is 0.231 e. The van der Waals surface area contributed by atoms with Gasteiger partial charge in [0.25, 0.3) is 0 Å². The zero-order chi connectivity index (χ0) is 18.8. The summed E-state index contributed by atoms with van der Waals surface area (Å²) < 4.78 is 6.82. The quantitative estimate of drug-likeness (QED) is 0.715. The van der Waals surface area contributed by atoms with E-state index in [2.05, 4.69) is 15.4 Å². The fourth-order valence-electron chi connectivity index (χ4n) is 3.49. The second-order valence-corrected chi connectivity index (χ2v) is 7.23. The highest BCUT2D eigenvalue weighted by Gasteiger charge is 2.22.